The van der Waals surface area contributed by atoms with Crippen LogP contribution < -0.4 is 15.4 Å². The Morgan fingerprint density at radius 3 is 2.73 bits per heavy atom. The Morgan fingerprint density at radius 2 is 2.00 bits per heavy atom. The summed E-state index contributed by atoms with van der Waals surface area (Å²) in [7, 11) is 1.62. The Kier molecular flexibility index (Phi) is 5.67. The summed E-state index contributed by atoms with van der Waals surface area (Å²) in [5, 5.41) is 6.33. The second-order valence-electron chi connectivity index (χ2n) is 4.92. The molecule has 0 aliphatic rings. The number of benzene rings is 2. The van der Waals surface area contributed by atoms with E-state index in [0.717, 1.165) is 16.9 Å². The first-order valence-electron chi connectivity index (χ1n) is 7.02. The number of ether oxygens (including phenoxy) is 1. The zero-order chi connectivity index (χ0) is 15.9. The fourth-order valence-corrected chi connectivity index (χ4v) is 2.42. The largest absolute Gasteiger partial charge is 0.497 e. The summed E-state index contributed by atoms with van der Waals surface area (Å²) in [6.07, 6.45) is 0. The number of methoxy groups -OCH3 is 1. The van der Waals surface area contributed by atoms with Crippen molar-refractivity contribution < 1.29 is 9.53 Å². The van der Waals surface area contributed by atoms with Crippen molar-refractivity contribution in [3.63, 3.8) is 0 Å². The van der Waals surface area contributed by atoms with Gasteiger partial charge in [0.1, 0.15) is 5.75 Å². The number of halogens is 1. The third-order valence-electron chi connectivity index (χ3n) is 3.31. The minimum Gasteiger partial charge on any atom is -0.497 e. The summed E-state index contributed by atoms with van der Waals surface area (Å²) in [4.78, 5) is 12.0. The third-order valence-corrected chi connectivity index (χ3v) is 3.65. The molecule has 2 aromatic rings. The fourth-order valence-electron chi connectivity index (χ4n) is 2.12. The molecule has 0 unspecified atom stereocenters. The summed E-state index contributed by atoms with van der Waals surface area (Å²) in [6, 6.07) is 14.6. The van der Waals surface area contributed by atoms with Crippen molar-refractivity contribution >= 4 is 17.6 Å². The van der Waals surface area contributed by atoms with Crippen LogP contribution >= 0.6 is 11.6 Å². The lowest BCUT2D eigenvalue weighted by molar-refractivity contribution is 0.237. The van der Waals surface area contributed by atoms with E-state index < -0.39 is 0 Å². The van der Waals surface area contributed by atoms with Gasteiger partial charge in [-0.05, 0) is 36.2 Å². The van der Waals surface area contributed by atoms with Crippen molar-refractivity contribution in [2.45, 2.75) is 19.5 Å². The summed E-state index contributed by atoms with van der Waals surface area (Å²) >= 11 is 6.12. The van der Waals surface area contributed by atoms with E-state index in [1.165, 1.54) is 0 Å². The van der Waals surface area contributed by atoms with Crippen molar-refractivity contribution in [3.8, 4) is 5.75 Å². The zero-order valence-corrected chi connectivity index (χ0v) is 13.4. The maximum Gasteiger partial charge on any atom is 0.315 e. The molecule has 0 aliphatic heterocycles. The maximum atomic E-state index is 12.0. The summed E-state index contributed by atoms with van der Waals surface area (Å²) in [5.41, 5.74) is 1.86. The Morgan fingerprint density at radius 1 is 1.23 bits per heavy atom. The summed E-state index contributed by atoms with van der Waals surface area (Å²) in [6.45, 7) is 2.32. The SMILES string of the molecule is COc1cccc(CNC(=O)N[C@H](C)c2ccccc2Cl)c1. The van der Waals surface area contributed by atoms with Crippen molar-refractivity contribution in [2.24, 2.45) is 0 Å². The van der Waals surface area contributed by atoms with Crippen molar-refractivity contribution in [1.82, 2.24) is 10.6 Å². The van der Waals surface area contributed by atoms with Crippen LogP contribution in [0.3, 0.4) is 0 Å². The number of nitrogens with one attached hydrogen (secondary N) is 2. The molecule has 0 spiro atoms. The van der Waals surface area contributed by atoms with Crippen LogP contribution in [-0.4, -0.2) is 13.1 Å². The summed E-state index contributed by atoms with van der Waals surface area (Å²) in [5.74, 6) is 0.768. The average molecular weight is 319 g/mol. The number of amides is 2. The first kappa shape index (κ1) is 16.2. The first-order valence-corrected chi connectivity index (χ1v) is 7.39. The number of carbonyl (C=O) groups is 1. The topological polar surface area (TPSA) is 50.4 Å². The fraction of sp³-hybridized carbons (Fsp3) is 0.235. The van der Waals surface area contributed by atoms with Crippen LogP contribution in [0.4, 0.5) is 4.79 Å². The lowest BCUT2D eigenvalue weighted by atomic mass is 10.1. The Balaban J connectivity index is 1.89. The highest BCUT2D eigenvalue weighted by molar-refractivity contribution is 6.31. The van der Waals surface area contributed by atoms with Gasteiger partial charge in [-0.25, -0.2) is 4.79 Å². The van der Waals surface area contributed by atoms with Gasteiger partial charge in [-0.1, -0.05) is 41.9 Å². The van der Waals surface area contributed by atoms with E-state index in [-0.39, 0.29) is 12.1 Å². The molecule has 22 heavy (non-hydrogen) atoms. The van der Waals surface area contributed by atoms with E-state index in [1.54, 1.807) is 7.11 Å². The summed E-state index contributed by atoms with van der Waals surface area (Å²) < 4.78 is 5.15. The molecule has 0 radical (unpaired) electrons. The molecule has 5 heteroatoms. The van der Waals surface area contributed by atoms with Gasteiger partial charge in [0.25, 0.3) is 0 Å². The van der Waals surface area contributed by atoms with E-state index >= 15 is 0 Å². The van der Waals surface area contributed by atoms with Crippen molar-refractivity contribution in [2.75, 3.05) is 7.11 Å². The smallest absolute Gasteiger partial charge is 0.315 e. The number of rotatable bonds is 5. The number of urea groups is 1. The van der Waals surface area contributed by atoms with E-state index in [2.05, 4.69) is 10.6 Å². The predicted molar refractivity (Wildman–Crippen MR) is 88.2 cm³/mol. The molecule has 116 valence electrons. The van der Waals surface area contributed by atoms with E-state index in [0.29, 0.717) is 11.6 Å². The van der Waals surface area contributed by atoms with Gasteiger partial charge in [0, 0.05) is 11.6 Å². The van der Waals surface area contributed by atoms with Crippen molar-refractivity contribution in [3.05, 3.63) is 64.7 Å². The molecule has 2 aromatic carbocycles. The third kappa shape index (κ3) is 4.40. The molecular formula is C17H19ClN2O2. The van der Waals surface area contributed by atoms with Crippen molar-refractivity contribution in [1.29, 1.82) is 0 Å². The zero-order valence-electron chi connectivity index (χ0n) is 12.6. The number of carbonyl (C=O) groups excluding carboxylic acids is 1. The molecule has 1 atom stereocenters. The van der Waals surface area contributed by atoms with Crippen LogP contribution in [0.25, 0.3) is 0 Å². The molecule has 0 heterocycles. The molecule has 2 amide bonds. The second-order valence-corrected chi connectivity index (χ2v) is 5.33. The highest BCUT2D eigenvalue weighted by Crippen LogP contribution is 2.21. The Hall–Kier alpha value is -2.20. The molecule has 4 nitrogen and oxygen atoms in total. The molecule has 0 aliphatic carbocycles. The lowest BCUT2D eigenvalue weighted by Crippen LogP contribution is -2.36. The van der Waals surface area contributed by atoms with Gasteiger partial charge in [0.2, 0.25) is 0 Å². The van der Waals surface area contributed by atoms with Gasteiger partial charge in [-0.2, -0.15) is 0 Å². The van der Waals surface area contributed by atoms with Crippen LogP contribution in [0.15, 0.2) is 48.5 Å². The molecule has 0 saturated heterocycles. The van der Waals surface area contributed by atoms with Gasteiger partial charge in [-0.3, -0.25) is 0 Å². The monoisotopic (exact) mass is 318 g/mol. The van der Waals surface area contributed by atoms with Gasteiger partial charge in [0.15, 0.2) is 0 Å². The van der Waals surface area contributed by atoms with Gasteiger partial charge < -0.3 is 15.4 Å². The van der Waals surface area contributed by atoms with Gasteiger partial charge in [-0.15, -0.1) is 0 Å². The number of hydrogen-bond acceptors (Lipinski definition) is 2. The molecule has 0 bridgehead atoms. The first-order chi connectivity index (χ1) is 10.6. The lowest BCUT2D eigenvalue weighted by Gasteiger charge is -2.16. The Bertz CT molecular complexity index is 646. The molecule has 2 rings (SSSR count). The molecular weight excluding hydrogens is 300 g/mol. The van der Waals surface area contributed by atoms with Crippen LogP contribution in [0.2, 0.25) is 5.02 Å². The highest BCUT2D eigenvalue weighted by Gasteiger charge is 2.11. The maximum absolute atomic E-state index is 12.0. The van der Waals surface area contributed by atoms with E-state index in [9.17, 15) is 4.79 Å². The van der Waals surface area contributed by atoms with Crippen LogP contribution in [0, 0.1) is 0 Å². The number of hydrogen-bond donors (Lipinski definition) is 2. The minimum atomic E-state index is -0.241. The molecule has 0 aromatic heterocycles. The van der Waals surface area contributed by atoms with Crippen LogP contribution in [0.5, 0.6) is 5.75 Å². The minimum absolute atomic E-state index is 0.168. The normalized spacial score (nSPS) is 11.6. The predicted octanol–water partition coefficient (Wildman–Crippen LogP) is 3.91. The quantitative estimate of drug-likeness (QED) is 0.878. The average Bonchev–Trinajstić information content (AvgIpc) is 2.53. The van der Waals surface area contributed by atoms with Crippen LogP contribution in [-0.2, 0) is 6.54 Å². The standard InChI is InChI=1S/C17H19ClN2O2/c1-12(15-8-3-4-9-16(15)18)20-17(21)19-11-13-6-5-7-14(10-13)22-2/h3-10,12H,11H2,1-2H3,(H2,19,20,21)/t12-/m1/s1. The van der Waals surface area contributed by atoms with Gasteiger partial charge >= 0.3 is 6.03 Å². The van der Waals surface area contributed by atoms with E-state index in [1.807, 2.05) is 55.5 Å². The molecule has 0 saturated carbocycles. The highest BCUT2D eigenvalue weighted by atomic mass is 35.5. The van der Waals surface area contributed by atoms with Gasteiger partial charge in [0.05, 0.1) is 13.2 Å². The molecule has 2 N–H and O–H groups in total. The molecule has 0 fully saturated rings. The van der Waals surface area contributed by atoms with E-state index in [4.69, 9.17) is 16.3 Å². The second kappa shape index (κ2) is 7.71. The van der Waals surface area contributed by atoms with Crippen LogP contribution in [0.1, 0.15) is 24.1 Å². The Labute approximate surface area is 135 Å².